The van der Waals surface area contributed by atoms with Crippen molar-refractivity contribution in [1.29, 1.82) is 0 Å². The number of amides is 1. The van der Waals surface area contributed by atoms with E-state index in [2.05, 4.69) is 10.4 Å². The highest BCUT2D eigenvalue weighted by Gasteiger charge is 2.44. The van der Waals surface area contributed by atoms with Gasteiger partial charge in [-0.1, -0.05) is 30.3 Å². The highest BCUT2D eigenvalue weighted by Crippen LogP contribution is 2.48. The van der Waals surface area contributed by atoms with E-state index in [4.69, 9.17) is 0 Å². The zero-order valence-corrected chi connectivity index (χ0v) is 12.9. The minimum atomic E-state index is -0.264. The predicted molar refractivity (Wildman–Crippen MR) is 89.4 cm³/mol. The minimum absolute atomic E-state index is 0.0671. The van der Waals surface area contributed by atoms with E-state index < -0.39 is 0 Å². The molecule has 1 saturated carbocycles. The molecule has 2 unspecified atom stereocenters. The van der Waals surface area contributed by atoms with Crippen molar-refractivity contribution in [3.8, 4) is 5.69 Å². The Bertz CT molecular complexity index is 875. The van der Waals surface area contributed by atoms with Crippen molar-refractivity contribution in [2.45, 2.75) is 12.3 Å². The van der Waals surface area contributed by atoms with Crippen LogP contribution in [0.2, 0.25) is 0 Å². The van der Waals surface area contributed by atoms with Gasteiger partial charge in [-0.2, -0.15) is 5.10 Å². The number of nitrogens with one attached hydrogen (secondary N) is 1. The summed E-state index contributed by atoms with van der Waals surface area (Å²) < 4.78 is 15.0. The van der Waals surface area contributed by atoms with Crippen LogP contribution in [0.4, 0.5) is 10.2 Å². The Morgan fingerprint density at radius 2 is 1.96 bits per heavy atom. The molecule has 4 rings (SSSR count). The molecule has 0 radical (unpaired) electrons. The molecule has 1 amide bonds. The van der Waals surface area contributed by atoms with E-state index in [9.17, 15) is 9.18 Å². The monoisotopic (exact) mass is 321 g/mol. The molecule has 5 heteroatoms. The quantitative estimate of drug-likeness (QED) is 0.795. The topological polar surface area (TPSA) is 46.9 Å². The van der Waals surface area contributed by atoms with Gasteiger partial charge in [0.05, 0.1) is 5.69 Å². The lowest BCUT2D eigenvalue weighted by Gasteiger charge is -2.03. The van der Waals surface area contributed by atoms with Crippen LogP contribution in [0.5, 0.6) is 0 Å². The summed E-state index contributed by atoms with van der Waals surface area (Å²) in [4.78, 5) is 12.3. The molecule has 1 heterocycles. The van der Waals surface area contributed by atoms with Gasteiger partial charge in [-0.05, 0) is 42.2 Å². The third kappa shape index (κ3) is 2.93. The van der Waals surface area contributed by atoms with E-state index in [1.807, 2.05) is 42.6 Å². The summed E-state index contributed by atoms with van der Waals surface area (Å²) in [6, 6.07) is 17.9. The van der Waals surface area contributed by atoms with Gasteiger partial charge in [-0.15, -0.1) is 0 Å². The molecule has 1 aliphatic rings. The van der Waals surface area contributed by atoms with E-state index in [1.54, 1.807) is 16.8 Å². The normalized spacial score (nSPS) is 19.0. The first kappa shape index (κ1) is 14.6. The molecule has 1 fully saturated rings. The zero-order valence-electron chi connectivity index (χ0n) is 12.9. The van der Waals surface area contributed by atoms with Crippen LogP contribution < -0.4 is 5.32 Å². The lowest BCUT2D eigenvalue weighted by atomic mass is 10.1. The molecule has 1 aromatic heterocycles. The number of aromatic nitrogens is 2. The summed E-state index contributed by atoms with van der Waals surface area (Å²) >= 11 is 0. The third-order valence-electron chi connectivity index (χ3n) is 4.27. The van der Waals surface area contributed by atoms with Crippen molar-refractivity contribution in [3.05, 3.63) is 78.2 Å². The lowest BCUT2D eigenvalue weighted by molar-refractivity contribution is -0.117. The molecule has 0 saturated heterocycles. The molecule has 4 nitrogen and oxygen atoms in total. The summed E-state index contributed by atoms with van der Waals surface area (Å²) in [6.45, 7) is 0. The number of halogens is 1. The van der Waals surface area contributed by atoms with Crippen molar-refractivity contribution in [2.24, 2.45) is 5.92 Å². The van der Waals surface area contributed by atoms with Gasteiger partial charge in [-0.25, -0.2) is 9.07 Å². The molecule has 24 heavy (non-hydrogen) atoms. The molecule has 0 aliphatic heterocycles. The second-order valence-electron chi connectivity index (χ2n) is 5.97. The van der Waals surface area contributed by atoms with Crippen molar-refractivity contribution in [3.63, 3.8) is 0 Å². The number of benzene rings is 2. The Labute approximate surface area is 138 Å². The molecule has 120 valence electrons. The van der Waals surface area contributed by atoms with Crippen LogP contribution >= 0.6 is 0 Å². The van der Waals surface area contributed by atoms with Gasteiger partial charge in [0.25, 0.3) is 0 Å². The summed E-state index contributed by atoms with van der Waals surface area (Å²) in [5.74, 6) is 0.169. The van der Waals surface area contributed by atoms with Crippen LogP contribution in [0.3, 0.4) is 0 Å². The van der Waals surface area contributed by atoms with Gasteiger partial charge >= 0.3 is 0 Å². The third-order valence-corrected chi connectivity index (χ3v) is 4.27. The molecule has 1 N–H and O–H groups in total. The first-order chi connectivity index (χ1) is 11.7. The maximum absolute atomic E-state index is 13.3. The van der Waals surface area contributed by atoms with Crippen LogP contribution in [0.25, 0.3) is 5.69 Å². The van der Waals surface area contributed by atoms with Crippen molar-refractivity contribution >= 4 is 11.7 Å². The number of rotatable bonds is 4. The average Bonchev–Trinajstić information content (AvgIpc) is 3.28. The maximum Gasteiger partial charge on any atom is 0.229 e. The van der Waals surface area contributed by atoms with Crippen molar-refractivity contribution in [1.82, 2.24) is 9.78 Å². The SMILES string of the molecule is O=C(Nc1ccn(-c2ccccc2)n1)C1CC1c1cccc(F)c1. The molecule has 0 spiro atoms. The fourth-order valence-electron chi connectivity index (χ4n) is 2.92. The van der Waals surface area contributed by atoms with Crippen LogP contribution in [-0.2, 0) is 4.79 Å². The van der Waals surface area contributed by atoms with E-state index in [0.29, 0.717) is 5.82 Å². The van der Waals surface area contributed by atoms with Gasteiger partial charge in [0.15, 0.2) is 5.82 Å². The second kappa shape index (κ2) is 5.92. The van der Waals surface area contributed by atoms with Gasteiger partial charge in [0, 0.05) is 18.2 Å². The summed E-state index contributed by atoms with van der Waals surface area (Å²) in [7, 11) is 0. The Morgan fingerprint density at radius 3 is 2.75 bits per heavy atom. The maximum atomic E-state index is 13.3. The van der Waals surface area contributed by atoms with E-state index >= 15 is 0 Å². The number of anilines is 1. The number of para-hydroxylation sites is 1. The fraction of sp³-hybridized carbons (Fsp3) is 0.158. The van der Waals surface area contributed by atoms with Gasteiger partial charge in [0.1, 0.15) is 5.82 Å². The molecule has 3 aromatic rings. The highest BCUT2D eigenvalue weighted by atomic mass is 19.1. The highest BCUT2D eigenvalue weighted by molar-refractivity contribution is 5.94. The summed E-state index contributed by atoms with van der Waals surface area (Å²) in [5, 5.41) is 7.21. The Hall–Kier alpha value is -2.95. The molecule has 0 bridgehead atoms. The van der Waals surface area contributed by atoms with Crippen LogP contribution in [-0.4, -0.2) is 15.7 Å². The van der Waals surface area contributed by atoms with Gasteiger partial charge in [0.2, 0.25) is 5.91 Å². The van der Waals surface area contributed by atoms with Crippen LogP contribution in [0.1, 0.15) is 17.9 Å². The minimum Gasteiger partial charge on any atom is -0.309 e. The van der Waals surface area contributed by atoms with Crippen molar-refractivity contribution < 1.29 is 9.18 Å². The Kier molecular flexibility index (Phi) is 3.61. The molecule has 1 aliphatic carbocycles. The fourth-order valence-corrected chi connectivity index (χ4v) is 2.92. The second-order valence-corrected chi connectivity index (χ2v) is 5.97. The molecular formula is C19H16FN3O. The number of hydrogen-bond donors (Lipinski definition) is 1. The van der Waals surface area contributed by atoms with Crippen molar-refractivity contribution in [2.75, 3.05) is 5.32 Å². The number of carbonyl (C=O) groups is 1. The number of hydrogen-bond acceptors (Lipinski definition) is 2. The van der Waals surface area contributed by atoms with Crippen LogP contribution in [0.15, 0.2) is 66.9 Å². The average molecular weight is 321 g/mol. The number of carbonyl (C=O) groups excluding carboxylic acids is 1. The molecule has 2 atom stereocenters. The van der Waals surface area contributed by atoms with E-state index in [1.165, 1.54) is 12.1 Å². The predicted octanol–water partition coefficient (Wildman–Crippen LogP) is 3.75. The molecular weight excluding hydrogens is 305 g/mol. The van der Waals surface area contributed by atoms with E-state index in [-0.39, 0.29) is 23.6 Å². The van der Waals surface area contributed by atoms with E-state index in [0.717, 1.165) is 17.7 Å². The zero-order chi connectivity index (χ0) is 16.5. The summed E-state index contributed by atoms with van der Waals surface area (Å²) in [5.41, 5.74) is 1.81. The van der Waals surface area contributed by atoms with Gasteiger partial charge in [-0.3, -0.25) is 4.79 Å². The summed E-state index contributed by atoms with van der Waals surface area (Å²) in [6.07, 6.45) is 2.55. The smallest absolute Gasteiger partial charge is 0.229 e. The first-order valence-electron chi connectivity index (χ1n) is 7.88. The standard InChI is InChI=1S/C19H16FN3O/c20-14-6-4-5-13(11-14)16-12-17(16)19(24)21-18-9-10-23(22-18)15-7-2-1-3-8-15/h1-11,16-17H,12H2,(H,21,22,24). The Balaban J connectivity index is 1.42. The molecule has 2 aromatic carbocycles. The first-order valence-corrected chi connectivity index (χ1v) is 7.88. The van der Waals surface area contributed by atoms with Gasteiger partial charge < -0.3 is 5.32 Å². The number of nitrogens with zero attached hydrogens (tertiary/aromatic N) is 2. The van der Waals surface area contributed by atoms with Crippen LogP contribution in [0, 0.1) is 11.7 Å². The lowest BCUT2D eigenvalue weighted by Crippen LogP contribution is -2.15. The largest absolute Gasteiger partial charge is 0.309 e. The Morgan fingerprint density at radius 1 is 1.12 bits per heavy atom.